The molecule has 0 saturated carbocycles. The van der Waals surface area contributed by atoms with Crippen LogP contribution in [0, 0.1) is 0 Å². The first-order chi connectivity index (χ1) is 8.11. The number of rotatable bonds is 3. The summed E-state index contributed by atoms with van der Waals surface area (Å²) in [6, 6.07) is 7.75. The van der Waals surface area contributed by atoms with Crippen LogP contribution in [0.25, 0.3) is 0 Å². The van der Waals surface area contributed by atoms with Crippen LogP contribution in [0.3, 0.4) is 0 Å². The Morgan fingerprint density at radius 3 is 2.53 bits per heavy atom. The molecule has 3 nitrogen and oxygen atoms in total. The van der Waals surface area contributed by atoms with Gasteiger partial charge in [0.1, 0.15) is 0 Å². The van der Waals surface area contributed by atoms with Crippen molar-refractivity contribution in [2.45, 2.75) is 19.8 Å². The van der Waals surface area contributed by atoms with Gasteiger partial charge in [-0.15, -0.1) is 0 Å². The monoisotopic (exact) mass is 293 g/mol. The molecule has 1 aromatic carbocycles. The molecule has 2 rings (SSSR count). The van der Waals surface area contributed by atoms with Crippen molar-refractivity contribution in [3.8, 4) is 0 Å². The fourth-order valence-electron chi connectivity index (χ4n) is 1.94. The highest BCUT2D eigenvalue weighted by atomic mass is 79.9. The van der Waals surface area contributed by atoms with Crippen LogP contribution in [0.5, 0.6) is 0 Å². The van der Waals surface area contributed by atoms with E-state index in [2.05, 4.69) is 21.2 Å². The lowest BCUT2D eigenvalue weighted by molar-refractivity contribution is -0.124. The van der Waals surface area contributed by atoms with E-state index in [1.54, 1.807) is 0 Å². The van der Waals surface area contributed by atoms with Crippen molar-refractivity contribution in [1.82, 2.24) is 5.32 Å². The molecule has 1 aliphatic heterocycles. The molecule has 17 heavy (non-hydrogen) atoms. The number of hydrogen-bond donors (Lipinski definition) is 1. The molecule has 1 N–H and O–H groups in total. The van der Waals surface area contributed by atoms with E-state index in [-0.39, 0.29) is 11.8 Å². The number of benzene rings is 1. The lowest BCUT2D eigenvalue weighted by Gasteiger charge is -2.03. The van der Waals surface area contributed by atoms with Gasteiger partial charge in [-0.1, -0.05) is 35.0 Å². The Balaban J connectivity index is 2.31. The smallest absolute Gasteiger partial charge is 0.254 e. The van der Waals surface area contributed by atoms with Gasteiger partial charge in [0.25, 0.3) is 11.8 Å². The van der Waals surface area contributed by atoms with Crippen LogP contribution in [-0.4, -0.2) is 11.8 Å². The van der Waals surface area contributed by atoms with E-state index in [1.807, 2.05) is 31.2 Å². The topological polar surface area (TPSA) is 46.2 Å². The predicted molar refractivity (Wildman–Crippen MR) is 68.3 cm³/mol. The van der Waals surface area contributed by atoms with E-state index < -0.39 is 0 Å². The van der Waals surface area contributed by atoms with Gasteiger partial charge in [0.2, 0.25) is 0 Å². The average molecular weight is 294 g/mol. The van der Waals surface area contributed by atoms with Crippen LogP contribution in [-0.2, 0) is 16.0 Å². The summed E-state index contributed by atoms with van der Waals surface area (Å²) < 4.78 is 0.971. The summed E-state index contributed by atoms with van der Waals surface area (Å²) in [6.07, 6.45) is 1.08. The van der Waals surface area contributed by atoms with Gasteiger partial charge >= 0.3 is 0 Å². The van der Waals surface area contributed by atoms with Crippen molar-refractivity contribution < 1.29 is 9.59 Å². The first-order valence-corrected chi connectivity index (χ1v) is 6.23. The summed E-state index contributed by atoms with van der Waals surface area (Å²) in [5.74, 6) is -0.505. The lowest BCUT2D eigenvalue weighted by Crippen LogP contribution is -2.23. The van der Waals surface area contributed by atoms with E-state index in [4.69, 9.17) is 0 Å². The van der Waals surface area contributed by atoms with Crippen LogP contribution in [0.15, 0.2) is 39.9 Å². The zero-order chi connectivity index (χ0) is 12.4. The van der Waals surface area contributed by atoms with Crippen molar-refractivity contribution in [1.29, 1.82) is 0 Å². The first kappa shape index (κ1) is 12.0. The SMILES string of the molecule is CCC1=C(Cc2cccc(Br)c2)C(=O)NC1=O. The molecule has 4 heteroatoms. The Morgan fingerprint density at radius 1 is 1.18 bits per heavy atom. The molecule has 1 aromatic rings. The quantitative estimate of drug-likeness (QED) is 0.870. The highest BCUT2D eigenvalue weighted by Gasteiger charge is 2.28. The second-order valence-corrected chi connectivity index (χ2v) is 4.82. The van der Waals surface area contributed by atoms with Crippen molar-refractivity contribution in [3.05, 3.63) is 45.4 Å². The predicted octanol–water partition coefficient (Wildman–Crippen LogP) is 2.35. The molecule has 0 aliphatic carbocycles. The summed E-state index contributed by atoms with van der Waals surface area (Å²) in [6.45, 7) is 1.88. The zero-order valence-electron chi connectivity index (χ0n) is 9.42. The second-order valence-electron chi connectivity index (χ2n) is 3.90. The number of imide groups is 1. The van der Waals surface area contributed by atoms with Gasteiger partial charge in [-0.05, 0) is 24.1 Å². The van der Waals surface area contributed by atoms with Crippen molar-refractivity contribution >= 4 is 27.7 Å². The number of nitrogens with one attached hydrogen (secondary N) is 1. The largest absolute Gasteiger partial charge is 0.289 e. The minimum absolute atomic E-state index is 0.248. The molecule has 1 aliphatic rings. The Kier molecular flexibility index (Phi) is 3.43. The number of carbonyl (C=O) groups is 2. The highest BCUT2D eigenvalue weighted by molar-refractivity contribution is 9.10. The maximum atomic E-state index is 11.6. The lowest BCUT2D eigenvalue weighted by atomic mass is 10.0. The molecule has 0 spiro atoms. The zero-order valence-corrected chi connectivity index (χ0v) is 11.0. The Labute approximate surface area is 108 Å². The van der Waals surface area contributed by atoms with Gasteiger partial charge < -0.3 is 0 Å². The minimum Gasteiger partial charge on any atom is -0.289 e. The standard InChI is InChI=1S/C13H12BrNO2/c1-2-10-11(13(17)15-12(10)16)7-8-4-3-5-9(14)6-8/h3-6H,2,7H2,1H3,(H,15,16,17). The van der Waals surface area contributed by atoms with Crippen LogP contribution in [0.2, 0.25) is 0 Å². The van der Waals surface area contributed by atoms with Crippen LogP contribution >= 0.6 is 15.9 Å². The van der Waals surface area contributed by atoms with Gasteiger partial charge in [-0.25, -0.2) is 0 Å². The van der Waals surface area contributed by atoms with Gasteiger partial charge in [0.05, 0.1) is 0 Å². The maximum Gasteiger partial charge on any atom is 0.254 e. The highest BCUT2D eigenvalue weighted by Crippen LogP contribution is 2.21. The molecule has 0 unspecified atom stereocenters. The van der Waals surface area contributed by atoms with E-state index in [0.717, 1.165) is 10.0 Å². The fraction of sp³-hybridized carbons (Fsp3) is 0.231. The van der Waals surface area contributed by atoms with Crippen LogP contribution < -0.4 is 5.32 Å². The number of carbonyl (C=O) groups excluding carboxylic acids is 2. The molecular weight excluding hydrogens is 282 g/mol. The molecule has 0 radical (unpaired) electrons. The molecule has 1 heterocycles. The Morgan fingerprint density at radius 2 is 1.88 bits per heavy atom. The summed E-state index contributed by atoms with van der Waals surface area (Å²) >= 11 is 3.39. The fourth-order valence-corrected chi connectivity index (χ4v) is 2.39. The summed E-state index contributed by atoms with van der Waals surface area (Å²) in [5, 5.41) is 2.34. The Hall–Kier alpha value is -1.42. The number of amides is 2. The minimum atomic E-state index is -0.258. The number of halogens is 1. The van der Waals surface area contributed by atoms with Crippen LogP contribution in [0.4, 0.5) is 0 Å². The number of hydrogen-bond acceptors (Lipinski definition) is 2. The summed E-state index contributed by atoms with van der Waals surface area (Å²) in [4.78, 5) is 23.1. The maximum absolute atomic E-state index is 11.6. The van der Waals surface area contributed by atoms with E-state index in [9.17, 15) is 9.59 Å². The molecular formula is C13H12BrNO2. The van der Waals surface area contributed by atoms with Gasteiger partial charge in [0, 0.05) is 22.0 Å². The van der Waals surface area contributed by atoms with Gasteiger partial charge in [0.15, 0.2) is 0 Å². The molecule has 0 atom stereocenters. The average Bonchev–Trinajstić information content (AvgIpc) is 2.53. The summed E-state index contributed by atoms with van der Waals surface area (Å²) in [5.41, 5.74) is 2.22. The van der Waals surface area contributed by atoms with Crippen molar-refractivity contribution in [2.24, 2.45) is 0 Å². The molecule has 2 amide bonds. The second kappa shape index (κ2) is 4.84. The first-order valence-electron chi connectivity index (χ1n) is 5.44. The van der Waals surface area contributed by atoms with E-state index >= 15 is 0 Å². The summed E-state index contributed by atoms with van der Waals surface area (Å²) in [7, 11) is 0. The van der Waals surface area contributed by atoms with Crippen LogP contribution in [0.1, 0.15) is 18.9 Å². The third-order valence-electron chi connectivity index (χ3n) is 2.76. The van der Waals surface area contributed by atoms with E-state index in [0.29, 0.717) is 24.0 Å². The molecule has 88 valence electrons. The molecule has 0 saturated heterocycles. The molecule has 0 bridgehead atoms. The van der Waals surface area contributed by atoms with Gasteiger partial charge in [-0.3, -0.25) is 14.9 Å². The molecule has 0 fully saturated rings. The van der Waals surface area contributed by atoms with Crippen molar-refractivity contribution in [3.63, 3.8) is 0 Å². The third-order valence-corrected chi connectivity index (χ3v) is 3.26. The van der Waals surface area contributed by atoms with E-state index in [1.165, 1.54) is 0 Å². The van der Waals surface area contributed by atoms with Gasteiger partial charge in [-0.2, -0.15) is 0 Å². The molecule has 0 aromatic heterocycles. The van der Waals surface area contributed by atoms with Crippen molar-refractivity contribution in [2.75, 3.05) is 0 Å². The Bertz CT molecular complexity index is 520. The normalized spacial score (nSPS) is 15.4. The third kappa shape index (κ3) is 2.47.